The predicted octanol–water partition coefficient (Wildman–Crippen LogP) is 4.38. The fourth-order valence-electron chi connectivity index (χ4n) is 3.54. The molecule has 0 aromatic heterocycles. The standard InChI is InChI=1S/C20H20ClN3O3S/c1-13-6-8-15(21)12-16(13)22-20(25)14-7-9-17-18(11-14)28(26,27)23-19-5-3-2-4-10-24(17)19/h6-9,11-12H,2-5,10H2,1H3,(H,22,25). The van der Waals surface area contributed by atoms with E-state index in [1.54, 1.807) is 24.3 Å². The molecule has 2 aliphatic heterocycles. The Bertz CT molecular complexity index is 1100. The number of aryl methyl sites for hydroxylation is 1. The Labute approximate surface area is 169 Å². The number of anilines is 2. The minimum Gasteiger partial charge on any atom is -0.328 e. The maximum atomic E-state index is 12.7. The summed E-state index contributed by atoms with van der Waals surface area (Å²) >= 11 is 6.01. The first-order chi connectivity index (χ1) is 13.3. The minimum absolute atomic E-state index is 0.0774. The number of nitrogens with one attached hydrogen (secondary N) is 1. The Morgan fingerprint density at radius 2 is 1.96 bits per heavy atom. The Kier molecular flexibility index (Phi) is 4.89. The second kappa shape index (κ2) is 7.22. The Hall–Kier alpha value is -2.38. The zero-order valence-electron chi connectivity index (χ0n) is 15.4. The Balaban J connectivity index is 1.70. The monoisotopic (exact) mass is 417 g/mol. The van der Waals surface area contributed by atoms with Gasteiger partial charge in [-0.05, 0) is 55.7 Å². The number of hydrogen-bond donors (Lipinski definition) is 1. The Morgan fingerprint density at radius 3 is 2.79 bits per heavy atom. The van der Waals surface area contributed by atoms with E-state index in [2.05, 4.69) is 9.71 Å². The van der Waals surface area contributed by atoms with Gasteiger partial charge in [0.15, 0.2) is 0 Å². The first kappa shape index (κ1) is 19.0. The van der Waals surface area contributed by atoms with E-state index in [4.69, 9.17) is 11.6 Å². The molecule has 0 saturated carbocycles. The number of halogens is 1. The van der Waals surface area contributed by atoms with Crippen LogP contribution < -0.4 is 10.2 Å². The average Bonchev–Trinajstić information content (AvgIpc) is 2.89. The molecule has 2 aromatic rings. The smallest absolute Gasteiger partial charge is 0.286 e. The summed E-state index contributed by atoms with van der Waals surface area (Å²) < 4.78 is 29.4. The average molecular weight is 418 g/mol. The number of amidine groups is 1. The highest BCUT2D eigenvalue weighted by Crippen LogP contribution is 2.35. The van der Waals surface area contributed by atoms with E-state index in [9.17, 15) is 13.2 Å². The maximum absolute atomic E-state index is 12.7. The van der Waals surface area contributed by atoms with Crippen LogP contribution in [0.5, 0.6) is 0 Å². The lowest BCUT2D eigenvalue weighted by atomic mass is 10.1. The normalized spacial score (nSPS) is 17.8. The molecule has 2 aromatic carbocycles. The first-order valence-electron chi connectivity index (χ1n) is 9.18. The zero-order chi connectivity index (χ0) is 19.9. The van der Waals surface area contributed by atoms with Crippen molar-refractivity contribution in [3.63, 3.8) is 0 Å². The fourth-order valence-corrected chi connectivity index (χ4v) is 5.00. The van der Waals surface area contributed by atoms with Crippen molar-refractivity contribution in [2.45, 2.75) is 37.5 Å². The van der Waals surface area contributed by atoms with Crippen LogP contribution in [-0.2, 0) is 10.0 Å². The molecule has 0 bridgehead atoms. The van der Waals surface area contributed by atoms with Gasteiger partial charge >= 0.3 is 0 Å². The zero-order valence-corrected chi connectivity index (χ0v) is 17.0. The molecule has 8 heteroatoms. The lowest BCUT2D eigenvalue weighted by Gasteiger charge is -2.29. The van der Waals surface area contributed by atoms with Crippen molar-refractivity contribution < 1.29 is 13.2 Å². The first-order valence-corrected chi connectivity index (χ1v) is 11.0. The van der Waals surface area contributed by atoms with Gasteiger partial charge in [-0.25, -0.2) is 0 Å². The highest BCUT2D eigenvalue weighted by Gasteiger charge is 2.32. The number of carbonyl (C=O) groups is 1. The highest BCUT2D eigenvalue weighted by atomic mass is 35.5. The van der Waals surface area contributed by atoms with Crippen LogP contribution in [-0.4, -0.2) is 26.7 Å². The summed E-state index contributed by atoms with van der Waals surface area (Å²) in [5.41, 5.74) is 2.31. The van der Waals surface area contributed by atoms with Gasteiger partial charge in [0.1, 0.15) is 10.7 Å². The van der Waals surface area contributed by atoms with E-state index in [0.717, 1.165) is 31.4 Å². The highest BCUT2D eigenvalue weighted by molar-refractivity contribution is 7.90. The molecule has 2 aliphatic rings. The van der Waals surface area contributed by atoms with Gasteiger partial charge in [-0.2, -0.15) is 8.42 Å². The van der Waals surface area contributed by atoms with Crippen LogP contribution in [0.15, 0.2) is 45.7 Å². The predicted molar refractivity (Wildman–Crippen MR) is 111 cm³/mol. The minimum atomic E-state index is -3.83. The lowest BCUT2D eigenvalue weighted by molar-refractivity contribution is 0.102. The third-order valence-corrected chi connectivity index (χ3v) is 6.63. The molecule has 28 heavy (non-hydrogen) atoms. The molecule has 0 radical (unpaired) electrons. The fraction of sp³-hybridized carbons (Fsp3) is 0.300. The van der Waals surface area contributed by atoms with E-state index >= 15 is 0 Å². The quantitative estimate of drug-likeness (QED) is 0.786. The van der Waals surface area contributed by atoms with Crippen molar-refractivity contribution in [3.8, 4) is 0 Å². The van der Waals surface area contributed by atoms with Gasteiger partial charge in [0.2, 0.25) is 0 Å². The van der Waals surface area contributed by atoms with Crippen LogP contribution in [0.3, 0.4) is 0 Å². The number of rotatable bonds is 2. The molecule has 1 saturated heterocycles. The molecule has 6 nitrogen and oxygen atoms in total. The third kappa shape index (κ3) is 3.52. The molecule has 1 N–H and O–H groups in total. The number of sulfonamides is 1. The molecular formula is C20H20ClN3O3S. The molecule has 0 atom stereocenters. The summed E-state index contributed by atoms with van der Waals surface area (Å²) in [5, 5.41) is 3.31. The summed E-state index contributed by atoms with van der Waals surface area (Å²) in [6.07, 6.45) is 3.60. The second-order valence-corrected chi connectivity index (χ2v) is 9.05. The Morgan fingerprint density at radius 1 is 1.14 bits per heavy atom. The van der Waals surface area contributed by atoms with Gasteiger partial charge in [0.05, 0.1) is 5.69 Å². The van der Waals surface area contributed by atoms with Crippen LogP contribution >= 0.6 is 11.6 Å². The second-order valence-electron chi connectivity index (χ2n) is 7.04. The van der Waals surface area contributed by atoms with Crippen LogP contribution in [0, 0.1) is 6.92 Å². The van der Waals surface area contributed by atoms with E-state index in [1.807, 2.05) is 17.9 Å². The van der Waals surface area contributed by atoms with Gasteiger partial charge in [0.25, 0.3) is 15.9 Å². The summed E-state index contributed by atoms with van der Waals surface area (Å²) in [4.78, 5) is 14.8. The SMILES string of the molecule is Cc1ccc(Cl)cc1NC(=O)c1ccc2c(c1)S(=O)(=O)N=C1CCCCCN12. The van der Waals surface area contributed by atoms with Crippen LogP contribution in [0.1, 0.15) is 41.6 Å². The molecular weight excluding hydrogens is 398 g/mol. The van der Waals surface area contributed by atoms with Crippen molar-refractivity contribution in [2.24, 2.45) is 4.40 Å². The number of benzene rings is 2. The van der Waals surface area contributed by atoms with Crippen molar-refractivity contribution in [1.82, 2.24) is 0 Å². The molecule has 0 unspecified atom stereocenters. The van der Waals surface area contributed by atoms with Crippen LogP contribution in [0.2, 0.25) is 5.02 Å². The number of amides is 1. The van der Waals surface area contributed by atoms with Gasteiger partial charge in [0, 0.05) is 29.2 Å². The number of hydrogen-bond acceptors (Lipinski definition) is 4. The van der Waals surface area contributed by atoms with Crippen LogP contribution in [0.4, 0.5) is 11.4 Å². The van der Waals surface area contributed by atoms with Crippen molar-refractivity contribution >= 4 is 44.7 Å². The summed E-state index contributed by atoms with van der Waals surface area (Å²) in [6, 6.07) is 9.98. The lowest BCUT2D eigenvalue weighted by Crippen LogP contribution is -2.35. The van der Waals surface area contributed by atoms with Gasteiger partial charge in [-0.1, -0.05) is 24.1 Å². The molecule has 1 amide bonds. The largest absolute Gasteiger partial charge is 0.328 e. The number of carbonyl (C=O) groups excluding carboxylic acids is 1. The maximum Gasteiger partial charge on any atom is 0.286 e. The summed E-state index contributed by atoms with van der Waals surface area (Å²) in [6.45, 7) is 2.59. The molecule has 0 aliphatic carbocycles. The van der Waals surface area contributed by atoms with Gasteiger partial charge in [-0.15, -0.1) is 4.40 Å². The van der Waals surface area contributed by atoms with E-state index < -0.39 is 15.9 Å². The van der Waals surface area contributed by atoms with Crippen molar-refractivity contribution in [3.05, 3.63) is 52.5 Å². The summed E-state index contributed by atoms with van der Waals surface area (Å²) in [7, 11) is -3.83. The molecule has 4 rings (SSSR count). The number of nitrogens with zero attached hydrogens (tertiary/aromatic N) is 2. The molecule has 2 heterocycles. The molecule has 1 fully saturated rings. The van der Waals surface area contributed by atoms with Crippen molar-refractivity contribution in [2.75, 3.05) is 16.8 Å². The topological polar surface area (TPSA) is 78.8 Å². The van der Waals surface area contributed by atoms with Crippen molar-refractivity contribution in [1.29, 1.82) is 0 Å². The van der Waals surface area contributed by atoms with Gasteiger partial charge in [-0.3, -0.25) is 4.79 Å². The molecule has 146 valence electrons. The molecule has 0 spiro atoms. The number of fused-ring (bicyclic) bond motifs is 3. The van der Waals surface area contributed by atoms with E-state index in [1.165, 1.54) is 6.07 Å². The third-order valence-electron chi connectivity index (χ3n) is 5.06. The van der Waals surface area contributed by atoms with Crippen LogP contribution in [0.25, 0.3) is 0 Å². The summed E-state index contributed by atoms with van der Waals surface area (Å²) in [5.74, 6) is 0.200. The van der Waals surface area contributed by atoms with E-state index in [-0.39, 0.29) is 10.5 Å². The van der Waals surface area contributed by atoms with Gasteiger partial charge < -0.3 is 10.2 Å². The van der Waals surface area contributed by atoms with E-state index in [0.29, 0.717) is 28.7 Å².